The van der Waals surface area contributed by atoms with E-state index in [1.54, 1.807) is 6.92 Å². The van der Waals surface area contributed by atoms with Gasteiger partial charge in [0.25, 0.3) is 0 Å². The maximum absolute atomic E-state index is 10.5. The molecule has 0 saturated carbocycles. The van der Waals surface area contributed by atoms with Crippen LogP contribution < -0.4 is 0 Å². The summed E-state index contributed by atoms with van der Waals surface area (Å²) in [6, 6.07) is 0. The third-order valence-electron chi connectivity index (χ3n) is 0.849. The Morgan fingerprint density at radius 2 is 2.33 bits per heavy atom. The largest absolute Gasteiger partial charge is 0.465 e. The van der Waals surface area contributed by atoms with E-state index in [4.69, 9.17) is 6.42 Å². The number of carbonyl (C=O) groups excluding carboxylic acids is 1. The molecule has 2 heteroatoms. The highest BCUT2D eigenvalue weighted by Gasteiger charge is 2.02. The first kappa shape index (κ1) is 7.77. The van der Waals surface area contributed by atoms with Crippen molar-refractivity contribution in [3.05, 3.63) is 11.6 Å². The molecule has 0 bridgehead atoms. The zero-order valence-corrected chi connectivity index (χ0v) is 5.47. The molecule has 2 nitrogen and oxygen atoms in total. The Bertz CT molecular complexity index is 172. The van der Waals surface area contributed by atoms with Gasteiger partial charge in [0.2, 0.25) is 0 Å². The average Bonchev–Trinajstić information content (AvgIpc) is 1.90. The van der Waals surface area contributed by atoms with Gasteiger partial charge in [-0.3, -0.25) is 0 Å². The summed E-state index contributed by atoms with van der Waals surface area (Å²) in [5.41, 5.74) is 0.262. The Morgan fingerprint density at radius 3 is 2.44 bits per heavy atom. The summed E-state index contributed by atoms with van der Waals surface area (Å²) in [6.45, 7) is 1.69. The molecule has 0 aromatic carbocycles. The van der Waals surface area contributed by atoms with Crippen molar-refractivity contribution in [2.24, 2.45) is 0 Å². The van der Waals surface area contributed by atoms with E-state index in [-0.39, 0.29) is 5.57 Å². The van der Waals surface area contributed by atoms with Crippen LogP contribution in [0.15, 0.2) is 11.6 Å². The molecule has 0 spiro atoms. The molecule has 0 aromatic rings. The molecule has 0 fully saturated rings. The van der Waals surface area contributed by atoms with Crippen LogP contribution in [-0.4, -0.2) is 13.1 Å². The lowest BCUT2D eigenvalue weighted by Crippen LogP contribution is -2.01. The van der Waals surface area contributed by atoms with Crippen molar-refractivity contribution in [3.63, 3.8) is 0 Å². The molecular weight excluding hydrogens is 116 g/mol. The van der Waals surface area contributed by atoms with Crippen LogP contribution in [0.5, 0.6) is 0 Å². The van der Waals surface area contributed by atoms with Crippen LogP contribution in [-0.2, 0) is 9.53 Å². The topological polar surface area (TPSA) is 26.3 Å². The van der Waals surface area contributed by atoms with Crippen LogP contribution in [0.25, 0.3) is 0 Å². The third kappa shape index (κ3) is 2.00. The van der Waals surface area contributed by atoms with Crippen LogP contribution in [0.3, 0.4) is 0 Å². The molecule has 0 atom stereocenters. The smallest absolute Gasteiger partial charge is 0.346 e. The average molecular weight is 124 g/mol. The fraction of sp³-hybridized carbons (Fsp3) is 0.286. The molecule has 9 heavy (non-hydrogen) atoms. The van der Waals surface area contributed by atoms with Crippen molar-refractivity contribution in [1.82, 2.24) is 0 Å². The summed E-state index contributed by atoms with van der Waals surface area (Å²) >= 11 is 0. The molecular formula is C7H8O2. The van der Waals surface area contributed by atoms with E-state index in [1.165, 1.54) is 13.2 Å². The Kier molecular flexibility index (Phi) is 3.22. The maximum atomic E-state index is 10.5. The van der Waals surface area contributed by atoms with E-state index in [9.17, 15) is 4.79 Å². The number of carbonyl (C=O) groups is 1. The highest BCUT2D eigenvalue weighted by atomic mass is 16.5. The summed E-state index contributed by atoms with van der Waals surface area (Å²) in [4.78, 5) is 10.5. The summed E-state index contributed by atoms with van der Waals surface area (Å²) in [5, 5.41) is 0. The number of rotatable bonds is 1. The molecule has 0 unspecified atom stereocenters. The summed E-state index contributed by atoms with van der Waals surface area (Å²) in [5.74, 6) is 1.73. The van der Waals surface area contributed by atoms with E-state index in [0.29, 0.717) is 0 Å². The molecule has 0 rings (SSSR count). The van der Waals surface area contributed by atoms with Crippen molar-refractivity contribution in [1.29, 1.82) is 0 Å². The second kappa shape index (κ2) is 3.73. The molecule has 0 aliphatic heterocycles. The van der Waals surface area contributed by atoms with E-state index in [1.807, 2.05) is 0 Å². The number of ether oxygens (including phenoxy) is 1. The van der Waals surface area contributed by atoms with Crippen LogP contribution in [0.2, 0.25) is 0 Å². The number of allylic oxidation sites excluding steroid dienone is 1. The zero-order valence-electron chi connectivity index (χ0n) is 5.47. The molecule has 0 radical (unpaired) electrons. The number of terminal acetylenes is 1. The fourth-order valence-corrected chi connectivity index (χ4v) is 0.370. The van der Waals surface area contributed by atoms with Gasteiger partial charge in [-0.05, 0) is 6.92 Å². The lowest BCUT2D eigenvalue weighted by Gasteiger charge is -1.93. The monoisotopic (exact) mass is 124 g/mol. The van der Waals surface area contributed by atoms with Crippen molar-refractivity contribution >= 4 is 5.97 Å². The summed E-state index contributed by atoms with van der Waals surface area (Å²) in [7, 11) is 1.29. The molecule has 0 aromatic heterocycles. The van der Waals surface area contributed by atoms with Gasteiger partial charge in [0, 0.05) is 0 Å². The van der Waals surface area contributed by atoms with Crippen LogP contribution in [0.1, 0.15) is 6.92 Å². The van der Waals surface area contributed by atoms with Gasteiger partial charge in [-0.2, -0.15) is 0 Å². The standard InChI is InChI=1S/C7H8O2/c1-4-6(5-2)7(8)9-3/h1,5H,2-3H3/b6-5+. The minimum atomic E-state index is -0.458. The van der Waals surface area contributed by atoms with Gasteiger partial charge in [-0.15, -0.1) is 6.42 Å². The first-order valence-corrected chi connectivity index (χ1v) is 2.47. The van der Waals surface area contributed by atoms with E-state index in [2.05, 4.69) is 10.7 Å². The Morgan fingerprint density at radius 1 is 1.78 bits per heavy atom. The van der Waals surface area contributed by atoms with Crippen molar-refractivity contribution < 1.29 is 9.53 Å². The predicted octanol–water partition coefficient (Wildman–Crippen LogP) is 0.739. The molecule has 0 amide bonds. The van der Waals surface area contributed by atoms with Gasteiger partial charge in [0.15, 0.2) is 0 Å². The van der Waals surface area contributed by atoms with Crippen molar-refractivity contribution in [2.45, 2.75) is 6.92 Å². The molecule has 0 aliphatic rings. The molecule has 48 valence electrons. The lowest BCUT2D eigenvalue weighted by atomic mass is 10.3. The van der Waals surface area contributed by atoms with E-state index < -0.39 is 5.97 Å². The highest BCUT2D eigenvalue weighted by molar-refractivity contribution is 5.92. The highest BCUT2D eigenvalue weighted by Crippen LogP contribution is 1.92. The minimum absolute atomic E-state index is 0.262. The van der Waals surface area contributed by atoms with E-state index in [0.717, 1.165) is 0 Å². The fourth-order valence-electron chi connectivity index (χ4n) is 0.370. The molecule has 0 N–H and O–H groups in total. The normalized spacial score (nSPS) is 10.1. The first-order chi connectivity index (χ1) is 4.26. The van der Waals surface area contributed by atoms with Gasteiger partial charge < -0.3 is 4.74 Å². The maximum Gasteiger partial charge on any atom is 0.346 e. The molecule has 0 saturated heterocycles. The van der Waals surface area contributed by atoms with Crippen molar-refractivity contribution in [2.75, 3.05) is 7.11 Å². The van der Waals surface area contributed by atoms with Gasteiger partial charge in [-0.1, -0.05) is 12.0 Å². The Hall–Kier alpha value is -1.23. The van der Waals surface area contributed by atoms with Gasteiger partial charge >= 0.3 is 5.97 Å². The van der Waals surface area contributed by atoms with Crippen LogP contribution in [0.4, 0.5) is 0 Å². The summed E-state index contributed by atoms with van der Waals surface area (Å²) < 4.78 is 4.34. The predicted molar refractivity (Wildman–Crippen MR) is 34.6 cm³/mol. The lowest BCUT2D eigenvalue weighted by molar-refractivity contribution is -0.135. The molecule has 0 aliphatic carbocycles. The number of hydrogen-bond acceptors (Lipinski definition) is 2. The minimum Gasteiger partial charge on any atom is -0.465 e. The zero-order chi connectivity index (χ0) is 7.28. The van der Waals surface area contributed by atoms with Gasteiger partial charge in [-0.25, -0.2) is 4.79 Å². The summed E-state index contributed by atoms with van der Waals surface area (Å²) in [6.07, 6.45) is 6.47. The third-order valence-corrected chi connectivity index (χ3v) is 0.849. The Labute approximate surface area is 54.5 Å². The quantitative estimate of drug-likeness (QED) is 0.293. The van der Waals surface area contributed by atoms with Gasteiger partial charge in [0.05, 0.1) is 7.11 Å². The number of methoxy groups -OCH3 is 1. The molecule has 0 heterocycles. The van der Waals surface area contributed by atoms with Crippen LogP contribution in [0, 0.1) is 12.3 Å². The van der Waals surface area contributed by atoms with Gasteiger partial charge in [0.1, 0.15) is 5.57 Å². The van der Waals surface area contributed by atoms with Crippen molar-refractivity contribution in [3.8, 4) is 12.3 Å². The van der Waals surface area contributed by atoms with Crippen LogP contribution >= 0.6 is 0 Å². The SMILES string of the molecule is C#C/C(=C\C)C(=O)OC. The Balaban J connectivity index is 4.19. The second-order valence-corrected chi connectivity index (χ2v) is 1.34. The number of hydrogen-bond donors (Lipinski definition) is 0. The second-order valence-electron chi connectivity index (χ2n) is 1.34. The van der Waals surface area contributed by atoms with E-state index >= 15 is 0 Å². The number of esters is 1. The first-order valence-electron chi connectivity index (χ1n) is 2.47.